The molecular weight excluding hydrogens is 232 g/mol. The molecule has 1 amide bonds. The Bertz CT molecular complexity index is 407. The lowest BCUT2D eigenvalue weighted by molar-refractivity contribution is -0.120. The molecule has 0 aliphatic carbocycles. The Hall–Kier alpha value is -1.75. The lowest BCUT2D eigenvalue weighted by atomic mass is 10.1. The summed E-state index contributed by atoms with van der Waals surface area (Å²) in [5.41, 5.74) is 0.736. The third-order valence-electron chi connectivity index (χ3n) is 2.65. The van der Waals surface area contributed by atoms with Crippen LogP contribution in [0.1, 0.15) is 25.5 Å². The van der Waals surface area contributed by atoms with Crippen molar-refractivity contribution in [1.82, 2.24) is 10.6 Å². The average Bonchev–Trinajstić information content (AvgIpc) is 2.36. The first-order valence-electron chi connectivity index (χ1n) is 5.95. The molecule has 1 aromatic rings. The zero-order valence-corrected chi connectivity index (χ0v) is 11.0. The van der Waals surface area contributed by atoms with Crippen LogP contribution in [0.4, 0.5) is 0 Å². The second kappa shape index (κ2) is 6.86. The van der Waals surface area contributed by atoms with Crippen molar-refractivity contribution in [3.05, 3.63) is 23.8 Å². The second-order valence-corrected chi connectivity index (χ2v) is 3.98. The quantitative estimate of drug-likeness (QED) is 0.711. The lowest BCUT2D eigenvalue weighted by Crippen LogP contribution is -2.34. The predicted molar refractivity (Wildman–Crippen MR) is 69.8 cm³/mol. The molecule has 1 aromatic carbocycles. The van der Waals surface area contributed by atoms with Crippen LogP contribution in [0, 0.1) is 0 Å². The Morgan fingerprint density at radius 2 is 2.22 bits per heavy atom. The van der Waals surface area contributed by atoms with Crippen molar-refractivity contribution in [3.63, 3.8) is 0 Å². The number of nitrogens with one attached hydrogen (secondary N) is 2. The minimum atomic E-state index is -0.112. The lowest BCUT2D eigenvalue weighted by Gasteiger charge is -2.16. The van der Waals surface area contributed by atoms with Gasteiger partial charge in [0, 0.05) is 24.2 Å². The highest BCUT2D eigenvalue weighted by Crippen LogP contribution is 2.27. The van der Waals surface area contributed by atoms with E-state index >= 15 is 0 Å². The molecule has 0 heterocycles. The molecule has 0 aliphatic rings. The Labute approximate surface area is 107 Å². The van der Waals surface area contributed by atoms with Gasteiger partial charge in [-0.3, -0.25) is 4.79 Å². The normalized spacial score (nSPS) is 11.9. The zero-order chi connectivity index (χ0) is 13.5. The number of aromatic hydroxyl groups is 1. The SMILES string of the molecule is CCNC(=O)CNC(C)c1ccc(OC)cc1O. The number of methoxy groups -OCH3 is 1. The minimum absolute atomic E-state index is 0.0580. The maximum absolute atomic E-state index is 11.3. The molecular formula is C13H20N2O3. The van der Waals surface area contributed by atoms with Gasteiger partial charge in [0.05, 0.1) is 13.7 Å². The fourth-order valence-corrected chi connectivity index (χ4v) is 1.63. The maximum atomic E-state index is 11.3. The smallest absolute Gasteiger partial charge is 0.233 e. The van der Waals surface area contributed by atoms with Crippen LogP contribution in [-0.2, 0) is 4.79 Å². The Kier molecular flexibility index (Phi) is 5.45. The van der Waals surface area contributed by atoms with E-state index in [1.54, 1.807) is 25.3 Å². The number of likely N-dealkylation sites (N-methyl/N-ethyl adjacent to an activating group) is 1. The molecule has 0 spiro atoms. The van der Waals surface area contributed by atoms with E-state index in [0.717, 1.165) is 5.56 Å². The van der Waals surface area contributed by atoms with Gasteiger partial charge >= 0.3 is 0 Å². The Morgan fingerprint density at radius 3 is 2.78 bits per heavy atom. The third kappa shape index (κ3) is 3.92. The van der Waals surface area contributed by atoms with Crippen molar-refractivity contribution in [2.45, 2.75) is 19.9 Å². The molecule has 100 valence electrons. The summed E-state index contributed by atoms with van der Waals surface area (Å²) < 4.78 is 5.02. The van der Waals surface area contributed by atoms with Gasteiger partial charge < -0.3 is 20.5 Å². The van der Waals surface area contributed by atoms with Crippen LogP contribution in [0.25, 0.3) is 0 Å². The Morgan fingerprint density at radius 1 is 1.50 bits per heavy atom. The summed E-state index contributed by atoms with van der Waals surface area (Å²) in [7, 11) is 1.55. The van der Waals surface area contributed by atoms with Gasteiger partial charge in [0.1, 0.15) is 11.5 Å². The van der Waals surface area contributed by atoms with Crippen molar-refractivity contribution < 1.29 is 14.6 Å². The first kappa shape index (κ1) is 14.3. The maximum Gasteiger partial charge on any atom is 0.233 e. The summed E-state index contributed by atoms with van der Waals surface area (Å²) in [5, 5.41) is 15.6. The van der Waals surface area contributed by atoms with E-state index in [4.69, 9.17) is 4.74 Å². The summed E-state index contributed by atoms with van der Waals surface area (Å²) in [6.45, 7) is 4.60. The van der Waals surface area contributed by atoms with Gasteiger partial charge in [0.25, 0.3) is 0 Å². The summed E-state index contributed by atoms with van der Waals surface area (Å²) in [5.74, 6) is 0.703. The molecule has 0 saturated heterocycles. The van der Waals surface area contributed by atoms with Gasteiger partial charge in [0.15, 0.2) is 0 Å². The van der Waals surface area contributed by atoms with E-state index in [2.05, 4.69) is 10.6 Å². The van der Waals surface area contributed by atoms with Gasteiger partial charge in [-0.1, -0.05) is 6.07 Å². The number of ether oxygens (including phenoxy) is 1. The molecule has 0 saturated carbocycles. The molecule has 1 rings (SSSR count). The highest BCUT2D eigenvalue weighted by Gasteiger charge is 2.11. The molecule has 0 radical (unpaired) electrons. The summed E-state index contributed by atoms with van der Waals surface area (Å²) in [4.78, 5) is 11.3. The Balaban J connectivity index is 2.61. The van der Waals surface area contributed by atoms with Crippen LogP contribution in [0.5, 0.6) is 11.5 Å². The van der Waals surface area contributed by atoms with Gasteiger partial charge in [-0.25, -0.2) is 0 Å². The largest absolute Gasteiger partial charge is 0.507 e. The monoisotopic (exact) mass is 252 g/mol. The van der Waals surface area contributed by atoms with Gasteiger partial charge in [0.2, 0.25) is 5.91 Å². The molecule has 1 unspecified atom stereocenters. The molecule has 0 fully saturated rings. The first-order valence-corrected chi connectivity index (χ1v) is 5.95. The third-order valence-corrected chi connectivity index (χ3v) is 2.65. The van der Waals surface area contributed by atoms with E-state index in [1.807, 2.05) is 13.8 Å². The molecule has 18 heavy (non-hydrogen) atoms. The molecule has 1 atom stereocenters. The van der Waals surface area contributed by atoms with Crippen LogP contribution in [0.2, 0.25) is 0 Å². The van der Waals surface area contributed by atoms with Crippen LogP contribution >= 0.6 is 0 Å². The summed E-state index contributed by atoms with van der Waals surface area (Å²) in [6.07, 6.45) is 0. The molecule has 5 nitrogen and oxygen atoms in total. The molecule has 3 N–H and O–H groups in total. The van der Waals surface area contributed by atoms with Gasteiger partial charge in [-0.05, 0) is 19.9 Å². The fraction of sp³-hybridized carbons (Fsp3) is 0.462. The van der Waals surface area contributed by atoms with Crippen LogP contribution in [0.15, 0.2) is 18.2 Å². The van der Waals surface area contributed by atoms with Crippen LogP contribution < -0.4 is 15.4 Å². The predicted octanol–water partition coefficient (Wildman–Crippen LogP) is 1.19. The number of rotatable bonds is 6. The molecule has 0 aliphatic heterocycles. The second-order valence-electron chi connectivity index (χ2n) is 3.98. The van der Waals surface area contributed by atoms with E-state index in [0.29, 0.717) is 12.3 Å². The summed E-state index contributed by atoms with van der Waals surface area (Å²) in [6, 6.07) is 5.00. The van der Waals surface area contributed by atoms with Crippen molar-refractivity contribution in [2.24, 2.45) is 0 Å². The standard InChI is InChI=1S/C13H20N2O3/c1-4-14-13(17)8-15-9(2)11-6-5-10(18-3)7-12(11)16/h5-7,9,15-16H,4,8H2,1-3H3,(H,14,17). The van der Waals surface area contributed by atoms with E-state index in [1.165, 1.54) is 0 Å². The molecule has 5 heteroatoms. The van der Waals surface area contributed by atoms with Crippen molar-refractivity contribution in [1.29, 1.82) is 0 Å². The average molecular weight is 252 g/mol. The number of benzene rings is 1. The highest BCUT2D eigenvalue weighted by molar-refractivity contribution is 5.77. The number of carbonyl (C=O) groups excluding carboxylic acids is 1. The minimum Gasteiger partial charge on any atom is -0.507 e. The molecule has 0 bridgehead atoms. The van der Waals surface area contributed by atoms with Crippen LogP contribution in [-0.4, -0.2) is 31.2 Å². The van der Waals surface area contributed by atoms with Gasteiger partial charge in [-0.15, -0.1) is 0 Å². The number of phenolic OH excluding ortho intramolecular Hbond substituents is 1. The topological polar surface area (TPSA) is 70.6 Å². The first-order chi connectivity index (χ1) is 8.58. The molecule has 0 aromatic heterocycles. The van der Waals surface area contributed by atoms with Crippen molar-refractivity contribution >= 4 is 5.91 Å². The number of hydrogen-bond acceptors (Lipinski definition) is 4. The summed E-state index contributed by atoms with van der Waals surface area (Å²) >= 11 is 0. The van der Waals surface area contributed by atoms with Crippen molar-refractivity contribution in [2.75, 3.05) is 20.2 Å². The number of amides is 1. The van der Waals surface area contributed by atoms with E-state index in [9.17, 15) is 9.90 Å². The highest BCUT2D eigenvalue weighted by atomic mass is 16.5. The van der Waals surface area contributed by atoms with E-state index < -0.39 is 0 Å². The van der Waals surface area contributed by atoms with Crippen molar-refractivity contribution in [3.8, 4) is 11.5 Å². The number of carbonyl (C=O) groups is 1. The van der Waals surface area contributed by atoms with E-state index in [-0.39, 0.29) is 24.2 Å². The van der Waals surface area contributed by atoms with Crippen LogP contribution in [0.3, 0.4) is 0 Å². The fourth-order valence-electron chi connectivity index (χ4n) is 1.63. The zero-order valence-electron chi connectivity index (χ0n) is 11.0. The number of phenols is 1. The van der Waals surface area contributed by atoms with Gasteiger partial charge in [-0.2, -0.15) is 0 Å². The number of hydrogen-bond donors (Lipinski definition) is 3.